The molecule has 0 amide bonds. The number of hydrogen-bond donors (Lipinski definition) is 0. The molecular formula is C17H22N4O. The van der Waals surface area contributed by atoms with E-state index in [-0.39, 0.29) is 5.60 Å². The number of piperidine rings is 1. The Labute approximate surface area is 130 Å². The van der Waals surface area contributed by atoms with Gasteiger partial charge in [-0.05, 0) is 31.0 Å². The molecule has 4 rings (SSSR count). The van der Waals surface area contributed by atoms with Crippen molar-refractivity contribution in [2.75, 3.05) is 19.7 Å². The second-order valence-electron chi connectivity index (χ2n) is 6.54. The Bertz CT molecular complexity index is 600. The molecule has 116 valence electrons. The molecule has 0 aromatic carbocycles. The highest BCUT2D eigenvalue weighted by Gasteiger charge is 2.43. The summed E-state index contributed by atoms with van der Waals surface area (Å²) in [6.07, 6.45) is 13.1. The summed E-state index contributed by atoms with van der Waals surface area (Å²) in [5.41, 5.74) is 1.30. The number of likely N-dealkylation sites (tertiary alicyclic amines) is 1. The molecule has 2 atom stereocenters. The zero-order valence-corrected chi connectivity index (χ0v) is 12.8. The van der Waals surface area contributed by atoms with Gasteiger partial charge in [-0.2, -0.15) is 0 Å². The van der Waals surface area contributed by atoms with E-state index >= 15 is 0 Å². The minimum atomic E-state index is 0.0232. The summed E-state index contributed by atoms with van der Waals surface area (Å²) in [7, 11) is 0. The number of imidazole rings is 1. The number of hydrogen-bond acceptors (Lipinski definition) is 4. The standard InChI is InChI=1S/C17H22N4O/c1-3-15(10-18-5-1)11-20-7-2-4-17(13-20)9-16(12-22-17)21-8-6-19-14-21/h1,3,5-6,8,10,14,16H,2,4,7,9,11-13H2/t16-,17-/m0/s1. The Morgan fingerprint density at radius 2 is 2.32 bits per heavy atom. The molecule has 5 heteroatoms. The van der Waals surface area contributed by atoms with Crippen molar-refractivity contribution in [3.8, 4) is 0 Å². The van der Waals surface area contributed by atoms with Crippen molar-refractivity contribution in [3.05, 3.63) is 48.8 Å². The maximum absolute atomic E-state index is 6.28. The van der Waals surface area contributed by atoms with Crippen LogP contribution in [0.5, 0.6) is 0 Å². The first-order valence-corrected chi connectivity index (χ1v) is 8.06. The van der Waals surface area contributed by atoms with Gasteiger partial charge in [0.1, 0.15) is 0 Å². The average molecular weight is 298 g/mol. The summed E-state index contributed by atoms with van der Waals surface area (Å²) in [4.78, 5) is 10.9. The van der Waals surface area contributed by atoms with Crippen LogP contribution in [0.3, 0.4) is 0 Å². The Hall–Kier alpha value is -1.72. The first-order valence-electron chi connectivity index (χ1n) is 8.06. The highest BCUT2D eigenvalue weighted by Crippen LogP contribution is 2.39. The fourth-order valence-corrected chi connectivity index (χ4v) is 3.86. The van der Waals surface area contributed by atoms with Crippen LogP contribution >= 0.6 is 0 Å². The summed E-state index contributed by atoms with van der Waals surface area (Å²) in [6.45, 7) is 3.94. The van der Waals surface area contributed by atoms with E-state index in [1.54, 1.807) is 0 Å². The van der Waals surface area contributed by atoms with E-state index in [0.29, 0.717) is 6.04 Å². The van der Waals surface area contributed by atoms with Crippen LogP contribution in [0.2, 0.25) is 0 Å². The molecule has 0 saturated carbocycles. The van der Waals surface area contributed by atoms with Crippen LogP contribution in [-0.4, -0.2) is 44.7 Å². The predicted octanol–water partition coefficient (Wildman–Crippen LogP) is 2.27. The fraction of sp³-hybridized carbons (Fsp3) is 0.529. The Balaban J connectivity index is 1.43. The van der Waals surface area contributed by atoms with E-state index in [1.165, 1.54) is 18.4 Å². The SMILES string of the molecule is c1cncc(CN2CCC[C@]3(C[C@H](n4ccnc4)CO3)C2)c1. The lowest BCUT2D eigenvalue weighted by Gasteiger charge is -2.39. The van der Waals surface area contributed by atoms with Crippen LogP contribution in [0, 0.1) is 0 Å². The number of ether oxygens (including phenoxy) is 1. The second-order valence-corrected chi connectivity index (χ2v) is 6.54. The molecule has 4 heterocycles. The monoisotopic (exact) mass is 298 g/mol. The van der Waals surface area contributed by atoms with Crippen molar-refractivity contribution in [3.63, 3.8) is 0 Å². The molecule has 2 aliphatic heterocycles. The topological polar surface area (TPSA) is 43.2 Å². The molecule has 22 heavy (non-hydrogen) atoms. The molecule has 2 aliphatic rings. The maximum atomic E-state index is 6.28. The number of nitrogens with zero attached hydrogens (tertiary/aromatic N) is 4. The lowest BCUT2D eigenvalue weighted by molar-refractivity contribution is -0.0535. The molecular weight excluding hydrogens is 276 g/mol. The fourth-order valence-electron chi connectivity index (χ4n) is 3.86. The average Bonchev–Trinajstić information content (AvgIpc) is 3.19. The zero-order chi connectivity index (χ0) is 14.8. The van der Waals surface area contributed by atoms with E-state index in [2.05, 4.69) is 25.5 Å². The van der Waals surface area contributed by atoms with Crippen LogP contribution in [0.15, 0.2) is 43.2 Å². The third-order valence-corrected chi connectivity index (χ3v) is 4.88. The number of rotatable bonds is 3. The summed E-state index contributed by atoms with van der Waals surface area (Å²) in [6, 6.07) is 4.59. The summed E-state index contributed by atoms with van der Waals surface area (Å²) in [5.74, 6) is 0. The summed E-state index contributed by atoms with van der Waals surface area (Å²) < 4.78 is 8.47. The van der Waals surface area contributed by atoms with Crippen molar-refractivity contribution < 1.29 is 4.74 Å². The van der Waals surface area contributed by atoms with Gasteiger partial charge in [0, 0.05) is 44.3 Å². The molecule has 0 bridgehead atoms. The summed E-state index contributed by atoms with van der Waals surface area (Å²) >= 11 is 0. The van der Waals surface area contributed by atoms with Gasteiger partial charge in [0.2, 0.25) is 0 Å². The first kappa shape index (κ1) is 13.9. The van der Waals surface area contributed by atoms with Gasteiger partial charge >= 0.3 is 0 Å². The van der Waals surface area contributed by atoms with Crippen molar-refractivity contribution in [1.29, 1.82) is 0 Å². The summed E-state index contributed by atoms with van der Waals surface area (Å²) in [5, 5.41) is 0. The van der Waals surface area contributed by atoms with E-state index in [1.807, 2.05) is 37.2 Å². The molecule has 0 radical (unpaired) electrons. The molecule has 0 unspecified atom stereocenters. The van der Waals surface area contributed by atoms with Crippen LogP contribution in [0.25, 0.3) is 0 Å². The van der Waals surface area contributed by atoms with E-state index in [0.717, 1.165) is 32.7 Å². The normalized spacial score (nSPS) is 29.2. The van der Waals surface area contributed by atoms with E-state index in [4.69, 9.17) is 4.74 Å². The van der Waals surface area contributed by atoms with Gasteiger partial charge in [0.25, 0.3) is 0 Å². The third kappa shape index (κ3) is 2.78. The minimum absolute atomic E-state index is 0.0232. The lowest BCUT2D eigenvalue weighted by Crippen LogP contribution is -2.47. The molecule has 0 N–H and O–H groups in total. The minimum Gasteiger partial charge on any atom is -0.371 e. The molecule has 1 spiro atoms. The lowest BCUT2D eigenvalue weighted by atomic mass is 9.88. The van der Waals surface area contributed by atoms with Crippen molar-refractivity contribution in [2.24, 2.45) is 0 Å². The first-order chi connectivity index (χ1) is 10.8. The third-order valence-electron chi connectivity index (χ3n) is 4.88. The van der Waals surface area contributed by atoms with Crippen molar-refractivity contribution >= 4 is 0 Å². The van der Waals surface area contributed by atoms with Gasteiger partial charge in [-0.25, -0.2) is 4.98 Å². The van der Waals surface area contributed by atoms with Crippen LogP contribution in [-0.2, 0) is 11.3 Å². The Kier molecular flexibility index (Phi) is 3.68. The largest absolute Gasteiger partial charge is 0.371 e. The quantitative estimate of drug-likeness (QED) is 0.872. The smallest absolute Gasteiger partial charge is 0.0949 e. The highest BCUT2D eigenvalue weighted by molar-refractivity contribution is 5.09. The van der Waals surface area contributed by atoms with Gasteiger partial charge in [0.05, 0.1) is 24.6 Å². The maximum Gasteiger partial charge on any atom is 0.0949 e. The molecule has 2 aromatic rings. The molecule has 5 nitrogen and oxygen atoms in total. The highest BCUT2D eigenvalue weighted by atomic mass is 16.5. The van der Waals surface area contributed by atoms with E-state index < -0.39 is 0 Å². The molecule has 2 saturated heterocycles. The van der Waals surface area contributed by atoms with Gasteiger partial charge < -0.3 is 9.30 Å². The van der Waals surface area contributed by atoms with Crippen molar-refractivity contribution in [2.45, 2.75) is 37.5 Å². The van der Waals surface area contributed by atoms with Gasteiger partial charge in [-0.3, -0.25) is 9.88 Å². The van der Waals surface area contributed by atoms with Crippen LogP contribution in [0.1, 0.15) is 30.9 Å². The van der Waals surface area contributed by atoms with Gasteiger partial charge in [-0.1, -0.05) is 6.07 Å². The molecule has 2 aromatic heterocycles. The zero-order valence-electron chi connectivity index (χ0n) is 12.8. The molecule has 0 aliphatic carbocycles. The second kappa shape index (κ2) is 5.82. The predicted molar refractivity (Wildman–Crippen MR) is 83.3 cm³/mol. The van der Waals surface area contributed by atoms with E-state index in [9.17, 15) is 0 Å². The van der Waals surface area contributed by atoms with Gasteiger partial charge in [0.15, 0.2) is 0 Å². The Morgan fingerprint density at radius 3 is 3.14 bits per heavy atom. The van der Waals surface area contributed by atoms with Crippen LogP contribution < -0.4 is 0 Å². The van der Waals surface area contributed by atoms with Crippen LogP contribution in [0.4, 0.5) is 0 Å². The molecule has 2 fully saturated rings. The number of pyridine rings is 1. The Morgan fingerprint density at radius 1 is 1.32 bits per heavy atom. The van der Waals surface area contributed by atoms with Gasteiger partial charge in [-0.15, -0.1) is 0 Å². The number of aromatic nitrogens is 3. The van der Waals surface area contributed by atoms with Crippen molar-refractivity contribution in [1.82, 2.24) is 19.4 Å².